The van der Waals surface area contributed by atoms with Gasteiger partial charge >= 0.3 is 6.09 Å². The van der Waals surface area contributed by atoms with Crippen molar-refractivity contribution < 1.29 is 9.53 Å². The first-order valence-corrected chi connectivity index (χ1v) is 6.16. The molecule has 3 nitrogen and oxygen atoms in total. The lowest BCUT2D eigenvalue weighted by molar-refractivity contribution is 0.0984. The molecule has 1 aromatic heterocycles. The van der Waals surface area contributed by atoms with Gasteiger partial charge in [0.05, 0.1) is 13.2 Å². The molecule has 0 unspecified atom stereocenters. The summed E-state index contributed by atoms with van der Waals surface area (Å²) in [5.41, 5.74) is 1.39. The van der Waals surface area contributed by atoms with Gasteiger partial charge in [-0.25, -0.2) is 4.79 Å². The molecular weight excluding hydrogens is 210 g/mol. The second-order valence-corrected chi connectivity index (χ2v) is 4.66. The summed E-state index contributed by atoms with van der Waals surface area (Å²) in [4.78, 5) is 14.7. The van der Waals surface area contributed by atoms with Gasteiger partial charge in [-0.2, -0.15) is 0 Å². The fourth-order valence-corrected chi connectivity index (χ4v) is 2.62. The van der Waals surface area contributed by atoms with Crippen molar-refractivity contribution in [3.8, 4) is 0 Å². The van der Waals surface area contributed by atoms with Crippen molar-refractivity contribution in [1.82, 2.24) is 4.90 Å². The van der Waals surface area contributed by atoms with Gasteiger partial charge < -0.3 is 9.64 Å². The summed E-state index contributed by atoms with van der Waals surface area (Å²) in [5, 5.41) is 2.09. The second kappa shape index (κ2) is 4.66. The van der Waals surface area contributed by atoms with Crippen LogP contribution in [0, 0.1) is 0 Å². The van der Waals surface area contributed by atoms with Crippen molar-refractivity contribution in [1.29, 1.82) is 0 Å². The quantitative estimate of drug-likeness (QED) is 0.774. The highest BCUT2D eigenvalue weighted by Gasteiger charge is 2.22. The number of rotatable bonds is 2. The lowest BCUT2D eigenvalue weighted by Gasteiger charge is -2.25. The van der Waals surface area contributed by atoms with E-state index in [1.54, 1.807) is 16.2 Å². The first-order chi connectivity index (χ1) is 7.31. The van der Waals surface area contributed by atoms with Gasteiger partial charge in [-0.1, -0.05) is 6.92 Å². The highest BCUT2D eigenvalue weighted by molar-refractivity contribution is 7.10. The van der Waals surface area contributed by atoms with E-state index in [0.29, 0.717) is 6.61 Å². The summed E-state index contributed by atoms with van der Waals surface area (Å²) < 4.78 is 5.11. The Hall–Kier alpha value is -1.03. The Bertz CT molecular complexity index is 348. The molecule has 0 saturated carbocycles. The van der Waals surface area contributed by atoms with Gasteiger partial charge in [-0.3, -0.25) is 0 Å². The van der Waals surface area contributed by atoms with E-state index in [9.17, 15) is 4.79 Å². The number of carbonyl (C=O) groups excluding carboxylic acids is 1. The van der Waals surface area contributed by atoms with Crippen molar-refractivity contribution in [3.05, 3.63) is 21.9 Å². The van der Waals surface area contributed by atoms with E-state index in [1.165, 1.54) is 10.4 Å². The van der Waals surface area contributed by atoms with Crippen LogP contribution < -0.4 is 0 Å². The number of fused-ring (bicyclic) bond motifs is 1. The molecule has 0 N–H and O–H groups in total. The molecule has 0 bridgehead atoms. The fourth-order valence-electron chi connectivity index (χ4n) is 1.67. The van der Waals surface area contributed by atoms with Gasteiger partial charge in [0.2, 0.25) is 0 Å². The Morgan fingerprint density at radius 3 is 3.33 bits per heavy atom. The minimum atomic E-state index is -0.170. The van der Waals surface area contributed by atoms with Crippen molar-refractivity contribution in [2.24, 2.45) is 0 Å². The predicted molar refractivity (Wildman–Crippen MR) is 60.1 cm³/mol. The first-order valence-electron chi connectivity index (χ1n) is 5.28. The van der Waals surface area contributed by atoms with E-state index in [4.69, 9.17) is 4.74 Å². The van der Waals surface area contributed by atoms with Crippen molar-refractivity contribution in [2.75, 3.05) is 13.2 Å². The van der Waals surface area contributed by atoms with Crippen molar-refractivity contribution in [2.45, 2.75) is 26.3 Å². The van der Waals surface area contributed by atoms with Crippen molar-refractivity contribution >= 4 is 17.4 Å². The SMILES string of the molecule is CCCOC(=O)N1CCc2ccsc2C1. The van der Waals surface area contributed by atoms with E-state index >= 15 is 0 Å². The average molecular weight is 225 g/mol. The Labute approximate surface area is 93.7 Å². The van der Waals surface area contributed by atoms with Crippen LogP contribution in [0.2, 0.25) is 0 Å². The lowest BCUT2D eigenvalue weighted by atomic mass is 10.1. The first kappa shape index (κ1) is 10.5. The number of hydrogen-bond donors (Lipinski definition) is 0. The molecule has 2 rings (SSSR count). The van der Waals surface area contributed by atoms with Gasteiger partial charge in [-0.05, 0) is 29.9 Å². The summed E-state index contributed by atoms with van der Waals surface area (Å²) in [6.45, 7) is 4.02. The highest BCUT2D eigenvalue weighted by Crippen LogP contribution is 2.24. The smallest absolute Gasteiger partial charge is 0.410 e. The summed E-state index contributed by atoms with van der Waals surface area (Å²) in [6, 6.07) is 2.15. The number of amides is 1. The zero-order valence-corrected chi connectivity index (χ0v) is 9.68. The van der Waals surface area contributed by atoms with Crippen LogP contribution in [0.5, 0.6) is 0 Å². The molecule has 0 aromatic carbocycles. The monoisotopic (exact) mass is 225 g/mol. The molecule has 0 radical (unpaired) electrons. The van der Waals surface area contributed by atoms with Crippen LogP contribution in [-0.2, 0) is 17.7 Å². The largest absolute Gasteiger partial charge is 0.449 e. The molecule has 1 amide bonds. The maximum Gasteiger partial charge on any atom is 0.410 e. The van der Waals surface area contributed by atoms with Gasteiger partial charge in [0.25, 0.3) is 0 Å². The minimum Gasteiger partial charge on any atom is -0.449 e. The van der Waals surface area contributed by atoms with E-state index in [1.807, 2.05) is 6.92 Å². The molecule has 1 aliphatic heterocycles. The number of ether oxygens (including phenoxy) is 1. The molecule has 0 aliphatic carbocycles. The third-order valence-electron chi connectivity index (χ3n) is 2.51. The molecule has 4 heteroatoms. The van der Waals surface area contributed by atoms with Gasteiger partial charge in [-0.15, -0.1) is 11.3 Å². The molecule has 1 aliphatic rings. The predicted octanol–water partition coefficient (Wildman–Crippen LogP) is 2.65. The Balaban J connectivity index is 1.94. The third-order valence-corrected chi connectivity index (χ3v) is 3.46. The minimum absolute atomic E-state index is 0.170. The highest BCUT2D eigenvalue weighted by atomic mass is 32.1. The molecule has 0 fully saturated rings. The average Bonchev–Trinajstić information content (AvgIpc) is 2.72. The van der Waals surface area contributed by atoms with Crippen LogP contribution in [0.25, 0.3) is 0 Å². The standard InChI is InChI=1S/C11H15NO2S/c1-2-6-14-11(13)12-5-3-9-4-7-15-10(9)8-12/h4,7H,2-3,5-6,8H2,1H3. The van der Waals surface area contributed by atoms with Crippen molar-refractivity contribution in [3.63, 3.8) is 0 Å². The molecule has 0 spiro atoms. The molecule has 2 heterocycles. The summed E-state index contributed by atoms with van der Waals surface area (Å²) >= 11 is 1.72. The van der Waals surface area contributed by atoms with Crippen LogP contribution in [0.4, 0.5) is 4.79 Å². The maximum absolute atomic E-state index is 11.6. The Kier molecular flexibility index (Phi) is 3.26. The molecular formula is C11H15NO2S. The van der Waals surface area contributed by atoms with E-state index in [2.05, 4.69) is 11.4 Å². The van der Waals surface area contributed by atoms with Crippen LogP contribution >= 0.6 is 11.3 Å². The van der Waals surface area contributed by atoms with E-state index in [-0.39, 0.29) is 6.09 Å². The summed E-state index contributed by atoms with van der Waals surface area (Å²) in [5.74, 6) is 0. The molecule has 1 aromatic rings. The number of carbonyl (C=O) groups is 1. The summed E-state index contributed by atoms with van der Waals surface area (Å²) in [6.07, 6.45) is 1.67. The third kappa shape index (κ3) is 2.31. The normalized spacial score (nSPS) is 14.9. The molecule has 0 atom stereocenters. The molecule has 0 saturated heterocycles. The summed E-state index contributed by atoms with van der Waals surface area (Å²) in [7, 11) is 0. The zero-order chi connectivity index (χ0) is 10.7. The molecule has 15 heavy (non-hydrogen) atoms. The van der Waals surface area contributed by atoms with Gasteiger partial charge in [0.15, 0.2) is 0 Å². The Morgan fingerprint density at radius 1 is 1.67 bits per heavy atom. The van der Waals surface area contributed by atoms with E-state index in [0.717, 1.165) is 25.9 Å². The van der Waals surface area contributed by atoms with Crippen LogP contribution in [0.1, 0.15) is 23.8 Å². The van der Waals surface area contributed by atoms with Crippen LogP contribution in [-0.4, -0.2) is 24.1 Å². The number of hydrogen-bond acceptors (Lipinski definition) is 3. The fraction of sp³-hybridized carbons (Fsp3) is 0.545. The zero-order valence-electron chi connectivity index (χ0n) is 8.86. The maximum atomic E-state index is 11.6. The number of thiophene rings is 1. The topological polar surface area (TPSA) is 29.5 Å². The van der Waals surface area contributed by atoms with Gasteiger partial charge in [0, 0.05) is 11.4 Å². The Morgan fingerprint density at radius 2 is 2.53 bits per heavy atom. The van der Waals surface area contributed by atoms with Crippen LogP contribution in [0.3, 0.4) is 0 Å². The number of nitrogens with zero attached hydrogens (tertiary/aromatic N) is 1. The van der Waals surface area contributed by atoms with Gasteiger partial charge in [0.1, 0.15) is 0 Å². The van der Waals surface area contributed by atoms with E-state index < -0.39 is 0 Å². The van der Waals surface area contributed by atoms with Crippen LogP contribution in [0.15, 0.2) is 11.4 Å². The second-order valence-electron chi connectivity index (χ2n) is 3.65. The molecule has 82 valence electrons. The lowest BCUT2D eigenvalue weighted by Crippen LogP contribution is -2.35.